The lowest BCUT2D eigenvalue weighted by Gasteiger charge is -2.35. The molecule has 8 heteroatoms. The topological polar surface area (TPSA) is 90.9 Å². The van der Waals surface area contributed by atoms with Gasteiger partial charge in [0.25, 0.3) is 5.91 Å². The molecule has 0 aliphatic carbocycles. The minimum atomic E-state index is -0.292. The number of aromatic nitrogens is 1. The summed E-state index contributed by atoms with van der Waals surface area (Å²) >= 11 is 0. The molecule has 2 fully saturated rings. The molecule has 0 spiro atoms. The highest BCUT2D eigenvalue weighted by Gasteiger charge is 2.33. The van der Waals surface area contributed by atoms with Gasteiger partial charge in [0, 0.05) is 50.9 Å². The molecule has 0 saturated carbocycles. The third kappa shape index (κ3) is 3.52. The van der Waals surface area contributed by atoms with Gasteiger partial charge in [-0.1, -0.05) is 0 Å². The predicted molar refractivity (Wildman–Crippen MR) is 87.4 cm³/mol. The van der Waals surface area contributed by atoms with E-state index in [0.717, 1.165) is 4.90 Å². The zero-order chi connectivity index (χ0) is 18.0. The summed E-state index contributed by atoms with van der Waals surface area (Å²) in [5, 5.41) is 0. The molecule has 1 aromatic rings. The van der Waals surface area contributed by atoms with Crippen molar-refractivity contribution in [2.24, 2.45) is 0 Å². The van der Waals surface area contributed by atoms with Crippen LogP contribution in [-0.2, 0) is 14.4 Å². The number of piperazine rings is 1. The van der Waals surface area contributed by atoms with Crippen molar-refractivity contribution in [2.45, 2.75) is 19.8 Å². The molecule has 0 N–H and O–H groups in total. The zero-order valence-electron chi connectivity index (χ0n) is 14.1. The molecule has 0 aromatic carbocycles. The van der Waals surface area contributed by atoms with Crippen molar-refractivity contribution in [2.75, 3.05) is 32.7 Å². The van der Waals surface area contributed by atoms with Crippen LogP contribution in [0.15, 0.2) is 18.3 Å². The maximum absolute atomic E-state index is 12.5. The van der Waals surface area contributed by atoms with Gasteiger partial charge in [0.05, 0.1) is 5.56 Å². The van der Waals surface area contributed by atoms with E-state index in [-0.39, 0.29) is 43.0 Å². The van der Waals surface area contributed by atoms with E-state index < -0.39 is 0 Å². The number of amides is 4. The van der Waals surface area contributed by atoms with E-state index in [1.54, 1.807) is 35.1 Å². The van der Waals surface area contributed by atoms with Gasteiger partial charge in [-0.05, 0) is 19.1 Å². The SMILES string of the molecule is Cc1ncccc1C(=O)N1CCN(C(=O)CN2C(=O)CCC2=O)CC1. The number of rotatable bonds is 3. The summed E-state index contributed by atoms with van der Waals surface area (Å²) in [6, 6.07) is 3.47. The van der Waals surface area contributed by atoms with E-state index in [9.17, 15) is 19.2 Å². The van der Waals surface area contributed by atoms with E-state index in [2.05, 4.69) is 4.98 Å². The Bertz CT molecular complexity index is 709. The Balaban J connectivity index is 1.56. The highest BCUT2D eigenvalue weighted by molar-refractivity contribution is 6.04. The number of hydrogen-bond donors (Lipinski definition) is 0. The molecule has 8 nitrogen and oxygen atoms in total. The first kappa shape index (κ1) is 17.1. The van der Waals surface area contributed by atoms with Crippen molar-refractivity contribution in [3.63, 3.8) is 0 Å². The maximum atomic E-state index is 12.5. The van der Waals surface area contributed by atoms with Gasteiger partial charge in [0.2, 0.25) is 17.7 Å². The van der Waals surface area contributed by atoms with Crippen molar-refractivity contribution in [1.82, 2.24) is 19.7 Å². The van der Waals surface area contributed by atoms with Crippen molar-refractivity contribution < 1.29 is 19.2 Å². The van der Waals surface area contributed by atoms with E-state index in [1.807, 2.05) is 0 Å². The Morgan fingerprint density at radius 2 is 1.64 bits per heavy atom. The number of carbonyl (C=O) groups is 4. The van der Waals surface area contributed by atoms with Crippen molar-refractivity contribution in [1.29, 1.82) is 0 Å². The Morgan fingerprint density at radius 3 is 2.24 bits per heavy atom. The highest BCUT2D eigenvalue weighted by atomic mass is 16.2. The summed E-state index contributed by atoms with van der Waals surface area (Å²) in [5.41, 5.74) is 1.24. The molecular formula is C17H20N4O4. The number of pyridine rings is 1. The van der Waals surface area contributed by atoms with Gasteiger partial charge in [-0.15, -0.1) is 0 Å². The number of nitrogens with zero attached hydrogens (tertiary/aromatic N) is 4. The zero-order valence-corrected chi connectivity index (χ0v) is 14.1. The van der Waals surface area contributed by atoms with Crippen molar-refractivity contribution in [3.05, 3.63) is 29.6 Å². The second kappa shape index (κ2) is 7.00. The van der Waals surface area contributed by atoms with E-state index in [4.69, 9.17) is 0 Å². The Hall–Kier alpha value is -2.77. The molecule has 2 aliphatic rings. The minimum absolute atomic E-state index is 0.0948. The quantitative estimate of drug-likeness (QED) is 0.710. The molecule has 132 valence electrons. The molecule has 3 rings (SSSR count). The summed E-state index contributed by atoms with van der Waals surface area (Å²) in [6.07, 6.45) is 2.00. The van der Waals surface area contributed by atoms with E-state index in [1.165, 1.54) is 0 Å². The minimum Gasteiger partial charge on any atom is -0.338 e. The number of aryl methyl sites for hydroxylation is 1. The molecule has 3 heterocycles. The molecule has 4 amide bonds. The molecule has 0 bridgehead atoms. The standard InChI is InChI=1S/C17H20N4O4/c1-12-13(3-2-6-18-12)17(25)20-9-7-19(8-10-20)16(24)11-21-14(22)4-5-15(21)23/h2-3,6H,4-5,7-11H2,1H3. The van der Waals surface area contributed by atoms with Crippen LogP contribution in [0.2, 0.25) is 0 Å². The van der Waals surface area contributed by atoms with Gasteiger partial charge >= 0.3 is 0 Å². The van der Waals surface area contributed by atoms with Gasteiger partial charge in [0.1, 0.15) is 6.54 Å². The Morgan fingerprint density at radius 1 is 1.04 bits per heavy atom. The van der Waals surface area contributed by atoms with Gasteiger partial charge in [-0.3, -0.25) is 29.1 Å². The van der Waals surface area contributed by atoms with Crippen LogP contribution in [0.3, 0.4) is 0 Å². The smallest absolute Gasteiger partial charge is 0.255 e. The number of imide groups is 1. The lowest BCUT2D eigenvalue weighted by Crippen LogP contribution is -2.53. The molecule has 0 unspecified atom stereocenters. The lowest BCUT2D eigenvalue weighted by molar-refractivity contribution is -0.146. The molecule has 2 aliphatic heterocycles. The summed E-state index contributed by atoms with van der Waals surface area (Å²) in [6.45, 7) is 3.20. The van der Waals surface area contributed by atoms with Crippen LogP contribution < -0.4 is 0 Å². The van der Waals surface area contributed by atoms with Crippen molar-refractivity contribution >= 4 is 23.6 Å². The van der Waals surface area contributed by atoms with Crippen LogP contribution in [0.1, 0.15) is 28.9 Å². The second-order valence-corrected chi connectivity index (χ2v) is 6.18. The van der Waals surface area contributed by atoms with Crippen molar-refractivity contribution in [3.8, 4) is 0 Å². The number of hydrogen-bond acceptors (Lipinski definition) is 5. The van der Waals surface area contributed by atoms with Crippen LogP contribution in [0.5, 0.6) is 0 Å². The van der Waals surface area contributed by atoms with Gasteiger partial charge < -0.3 is 9.80 Å². The number of likely N-dealkylation sites (tertiary alicyclic amines) is 1. The van der Waals surface area contributed by atoms with Gasteiger partial charge in [-0.25, -0.2) is 0 Å². The fraction of sp³-hybridized carbons (Fsp3) is 0.471. The summed E-state index contributed by atoms with van der Waals surface area (Å²) in [5.74, 6) is -0.936. The van der Waals surface area contributed by atoms with Crippen LogP contribution in [-0.4, -0.2) is 76.0 Å². The monoisotopic (exact) mass is 344 g/mol. The maximum Gasteiger partial charge on any atom is 0.255 e. The summed E-state index contributed by atoms with van der Waals surface area (Å²) in [7, 11) is 0. The van der Waals surface area contributed by atoms with Crippen LogP contribution in [0, 0.1) is 6.92 Å². The van der Waals surface area contributed by atoms with Gasteiger partial charge in [-0.2, -0.15) is 0 Å². The predicted octanol–water partition coefficient (Wildman–Crippen LogP) is -0.177. The summed E-state index contributed by atoms with van der Waals surface area (Å²) < 4.78 is 0. The Labute approximate surface area is 145 Å². The normalized spacial score (nSPS) is 18.0. The first-order valence-corrected chi connectivity index (χ1v) is 8.29. The first-order valence-electron chi connectivity index (χ1n) is 8.29. The molecule has 0 atom stereocenters. The molecule has 0 radical (unpaired) electrons. The Kier molecular flexibility index (Phi) is 4.78. The summed E-state index contributed by atoms with van der Waals surface area (Å²) in [4.78, 5) is 56.5. The molecule has 2 saturated heterocycles. The fourth-order valence-electron chi connectivity index (χ4n) is 3.07. The largest absolute Gasteiger partial charge is 0.338 e. The van der Waals surface area contributed by atoms with Crippen LogP contribution in [0.4, 0.5) is 0 Å². The molecule has 1 aromatic heterocycles. The highest BCUT2D eigenvalue weighted by Crippen LogP contribution is 2.14. The van der Waals surface area contributed by atoms with E-state index >= 15 is 0 Å². The molecular weight excluding hydrogens is 324 g/mol. The third-order valence-corrected chi connectivity index (χ3v) is 4.61. The third-order valence-electron chi connectivity index (χ3n) is 4.61. The van der Waals surface area contributed by atoms with E-state index in [0.29, 0.717) is 37.4 Å². The molecule has 25 heavy (non-hydrogen) atoms. The van der Waals surface area contributed by atoms with Gasteiger partial charge in [0.15, 0.2) is 0 Å². The van der Waals surface area contributed by atoms with Crippen LogP contribution >= 0.6 is 0 Å². The first-order chi connectivity index (χ1) is 12.0. The fourth-order valence-corrected chi connectivity index (χ4v) is 3.07. The van der Waals surface area contributed by atoms with Crippen LogP contribution in [0.25, 0.3) is 0 Å². The average molecular weight is 344 g/mol. The number of carbonyl (C=O) groups excluding carboxylic acids is 4. The second-order valence-electron chi connectivity index (χ2n) is 6.18. The average Bonchev–Trinajstić information content (AvgIpc) is 2.93. The lowest BCUT2D eigenvalue weighted by atomic mass is 10.1.